The predicted octanol–water partition coefficient (Wildman–Crippen LogP) is 9.92. The molecular weight excluding hydrogens is 504 g/mol. The smallest absolute Gasteiger partial charge is 0.178 e. The molecule has 0 saturated heterocycles. The molecule has 41 heavy (non-hydrogen) atoms. The maximum absolute atomic E-state index is 6.33. The van der Waals surface area contributed by atoms with Gasteiger partial charge in [0.2, 0.25) is 0 Å². The molecule has 9 rings (SSSR count). The van der Waals surface area contributed by atoms with E-state index in [2.05, 4.69) is 97.7 Å². The lowest BCUT2D eigenvalue weighted by atomic mass is 9.83. The molecule has 0 radical (unpaired) electrons. The van der Waals surface area contributed by atoms with E-state index >= 15 is 0 Å². The molecule has 1 aliphatic rings. The van der Waals surface area contributed by atoms with Crippen LogP contribution in [-0.2, 0) is 5.41 Å². The second-order valence-electron chi connectivity index (χ2n) is 11.4. The lowest BCUT2D eigenvalue weighted by Crippen LogP contribution is -2.15. The summed E-state index contributed by atoms with van der Waals surface area (Å²) < 4.78 is 12.6. The standard InChI is InChI=1S/C37H24N2O2/c1-37(2)28-7-5-19-38-33(28)34-29(37)16-17-30(39-34)22-11-9-21(10-12-22)23-13-18-32-27(20-23)26-15-14-25-24-6-3-4-8-31(24)40-35(25)36(26)41-32/h3-20H,1-2H3. The van der Waals surface area contributed by atoms with Crippen LogP contribution in [0, 0.1) is 0 Å². The Bertz CT molecular complexity index is 2340. The Morgan fingerprint density at radius 2 is 1.22 bits per heavy atom. The summed E-state index contributed by atoms with van der Waals surface area (Å²) in [5.74, 6) is 0. The van der Waals surface area contributed by atoms with E-state index in [4.69, 9.17) is 13.8 Å². The van der Waals surface area contributed by atoms with Crippen LogP contribution in [-0.4, -0.2) is 9.97 Å². The third kappa shape index (κ3) is 3.10. The number of benzene rings is 4. The number of hydrogen-bond acceptors (Lipinski definition) is 4. The van der Waals surface area contributed by atoms with Crippen LogP contribution in [0.25, 0.3) is 77.6 Å². The number of nitrogens with zero attached hydrogens (tertiary/aromatic N) is 2. The first-order valence-electron chi connectivity index (χ1n) is 13.9. The van der Waals surface area contributed by atoms with Crippen LogP contribution in [0.15, 0.2) is 118 Å². The Labute approximate surface area is 235 Å². The zero-order chi connectivity index (χ0) is 27.3. The average molecular weight is 529 g/mol. The van der Waals surface area contributed by atoms with Crippen LogP contribution < -0.4 is 0 Å². The van der Waals surface area contributed by atoms with Gasteiger partial charge >= 0.3 is 0 Å². The van der Waals surface area contributed by atoms with Crippen molar-refractivity contribution < 1.29 is 8.83 Å². The van der Waals surface area contributed by atoms with E-state index in [1.807, 2.05) is 30.5 Å². The summed E-state index contributed by atoms with van der Waals surface area (Å²) in [6.45, 7) is 4.49. The number of para-hydroxylation sites is 1. The van der Waals surface area contributed by atoms with Crippen LogP contribution in [0.5, 0.6) is 0 Å². The molecule has 0 bridgehead atoms. The Kier molecular flexibility index (Phi) is 4.36. The molecule has 0 atom stereocenters. The van der Waals surface area contributed by atoms with Crippen molar-refractivity contribution in [1.82, 2.24) is 9.97 Å². The predicted molar refractivity (Wildman–Crippen MR) is 165 cm³/mol. The van der Waals surface area contributed by atoms with Crippen molar-refractivity contribution in [1.29, 1.82) is 0 Å². The second-order valence-corrected chi connectivity index (χ2v) is 11.4. The Balaban J connectivity index is 1.11. The van der Waals surface area contributed by atoms with Gasteiger partial charge in [0.1, 0.15) is 11.2 Å². The number of aromatic nitrogens is 2. The highest BCUT2D eigenvalue weighted by Crippen LogP contribution is 2.47. The number of furan rings is 2. The highest BCUT2D eigenvalue weighted by Gasteiger charge is 2.37. The van der Waals surface area contributed by atoms with Gasteiger partial charge in [-0.25, -0.2) is 4.98 Å². The van der Waals surface area contributed by atoms with Crippen molar-refractivity contribution >= 4 is 43.9 Å². The SMILES string of the molecule is CC1(C)c2cccnc2-c2nc(-c3ccc(-c4ccc5oc6c(ccc7c8ccccc8oc76)c5c4)cc3)ccc21. The normalized spacial score (nSPS) is 13.8. The topological polar surface area (TPSA) is 52.1 Å². The van der Waals surface area contributed by atoms with Crippen LogP contribution in [0.1, 0.15) is 25.0 Å². The molecule has 4 aromatic carbocycles. The Morgan fingerprint density at radius 1 is 0.537 bits per heavy atom. The zero-order valence-corrected chi connectivity index (χ0v) is 22.6. The van der Waals surface area contributed by atoms with Gasteiger partial charge in [0.05, 0.1) is 17.1 Å². The molecule has 4 aromatic heterocycles. The molecule has 0 saturated carbocycles. The summed E-state index contributed by atoms with van der Waals surface area (Å²) in [6, 6.07) is 35.9. The molecule has 0 N–H and O–H groups in total. The van der Waals surface area contributed by atoms with Gasteiger partial charge in [-0.1, -0.05) is 74.5 Å². The van der Waals surface area contributed by atoms with Crippen molar-refractivity contribution in [2.75, 3.05) is 0 Å². The number of hydrogen-bond donors (Lipinski definition) is 0. The second kappa shape index (κ2) is 7.92. The molecule has 0 unspecified atom stereocenters. The van der Waals surface area contributed by atoms with Crippen LogP contribution in [0.2, 0.25) is 0 Å². The fraction of sp³-hybridized carbons (Fsp3) is 0.0811. The van der Waals surface area contributed by atoms with Gasteiger partial charge in [0.15, 0.2) is 11.2 Å². The van der Waals surface area contributed by atoms with Gasteiger partial charge < -0.3 is 8.83 Å². The molecule has 0 spiro atoms. The van der Waals surface area contributed by atoms with E-state index in [1.54, 1.807) is 0 Å². The molecule has 4 nitrogen and oxygen atoms in total. The van der Waals surface area contributed by atoms with Gasteiger partial charge in [-0.05, 0) is 64.7 Å². The number of pyridine rings is 2. The largest absolute Gasteiger partial charge is 0.452 e. The molecule has 0 amide bonds. The quantitative estimate of drug-likeness (QED) is 0.224. The zero-order valence-electron chi connectivity index (χ0n) is 22.6. The third-order valence-corrected chi connectivity index (χ3v) is 8.77. The van der Waals surface area contributed by atoms with Crippen molar-refractivity contribution in [3.8, 4) is 33.8 Å². The summed E-state index contributed by atoms with van der Waals surface area (Å²) in [5, 5.41) is 4.32. The molecule has 0 fully saturated rings. The fourth-order valence-corrected chi connectivity index (χ4v) is 6.58. The highest BCUT2D eigenvalue weighted by atomic mass is 16.4. The summed E-state index contributed by atoms with van der Waals surface area (Å²) in [6.07, 6.45) is 1.85. The van der Waals surface area contributed by atoms with Gasteiger partial charge in [-0.2, -0.15) is 0 Å². The number of rotatable bonds is 2. The van der Waals surface area contributed by atoms with Crippen molar-refractivity contribution in [2.45, 2.75) is 19.3 Å². The number of fused-ring (bicyclic) bond motifs is 10. The van der Waals surface area contributed by atoms with E-state index < -0.39 is 0 Å². The molecule has 4 heteroatoms. The maximum atomic E-state index is 6.33. The highest BCUT2D eigenvalue weighted by molar-refractivity contribution is 6.19. The van der Waals surface area contributed by atoms with Gasteiger partial charge in [-0.15, -0.1) is 0 Å². The fourth-order valence-electron chi connectivity index (χ4n) is 6.58. The molecular formula is C37H24N2O2. The van der Waals surface area contributed by atoms with E-state index in [-0.39, 0.29) is 5.41 Å². The van der Waals surface area contributed by atoms with Gasteiger partial charge in [0.25, 0.3) is 0 Å². The van der Waals surface area contributed by atoms with E-state index in [0.717, 1.165) is 77.6 Å². The first-order valence-corrected chi connectivity index (χ1v) is 13.9. The van der Waals surface area contributed by atoms with Crippen LogP contribution in [0.4, 0.5) is 0 Å². The third-order valence-electron chi connectivity index (χ3n) is 8.77. The summed E-state index contributed by atoms with van der Waals surface area (Å²) in [4.78, 5) is 9.77. The first kappa shape index (κ1) is 22.6. The minimum atomic E-state index is -0.0968. The van der Waals surface area contributed by atoms with Crippen molar-refractivity contribution in [3.05, 3.63) is 120 Å². The Morgan fingerprint density at radius 3 is 2.05 bits per heavy atom. The van der Waals surface area contributed by atoms with Crippen molar-refractivity contribution in [3.63, 3.8) is 0 Å². The molecule has 8 aromatic rings. The van der Waals surface area contributed by atoms with Gasteiger partial charge in [-0.3, -0.25) is 4.98 Å². The average Bonchev–Trinajstić information content (AvgIpc) is 3.65. The minimum absolute atomic E-state index is 0.0968. The lowest BCUT2D eigenvalue weighted by molar-refractivity contribution is 0.633. The van der Waals surface area contributed by atoms with Crippen LogP contribution >= 0.6 is 0 Å². The molecule has 194 valence electrons. The summed E-state index contributed by atoms with van der Waals surface area (Å²) in [7, 11) is 0. The van der Waals surface area contributed by atoms with E-state index in [1.165, 1.54) is 11.1 Å². The Hall–Kier alpha value is -5.22. The summed E-state index contributed by atoms with van der Waals surface area (Å²) in [5.41, 5.74) is 12.0. The summed E-state index contributed by atoms with van der Waals surface area (Å²) >= 11 is 0. The molecule has 4 heterocycles. The molecule has 1 aliphatic carbocycles. The minimum Gasteiger partial charge on any atom is -0.452 e. The lowest BCUT2D eigenvalue weighted by Gasteiger charge is -2.20. The van der Waals surface area contributed by atoms with Crippen LogP contribution in [0.3, 0.4) is 0 Å². The van der Waals surface area contributed by atoms with E-state index in [9.17, 15) is 0 Å². The van der Waals surface area contributed by atoms with Crippen molar-refractivity contribution in [2.24, 2.45) is 0 Å². The monoisotopic (exact) mass is 528 g/mol. The maximum Gasteiger partial charge on any atom is 0.178 e. The first-order chi connectivity index (χ1) is 20.1. The molecule has 0 aliphatic heterocycles. The van der Waals surface area contributed by atoms with E-state index in [0.29, 0.717) is 0 Å². The van der Waals surface area contributed by atoms with Gasteiger partial charge in [0, 0.05) is 38.7 Å².